The van der Waals surface area contributed by atoms with E-state index < -0.39 is 35.6 Å². The molecule has 0 aromatic carbocycles. The predicted octanol–water partition coefficient (Wildman–Crippen LogP) is -6.06. The van der Waals surface area contributed by atoms with Crippen molar-refractivity contribution in [2.24, 2.45) is 0 Å². The van der Waals surface area contributed by atoms with Gasteiger partial charge < -0.3 is 19.2 Å². The maximum atomic E-state index is 8.58. The van der Waals surface area contributed by atoms with E-state index in [9.17, 15) is 0 Å². The summed E-state index contributed by atoms with van der Waals surface area (Å²) < 4.78 is 25.7. The summed E-state index contributed by atoms with van der Waals surface area (Å²) in [6.07, 6.45) is 0. The molecule has 0 saturated heterocycles. The summed E-state index contributed by atoms with van der Waals surface area (Å²) in [5.41, 5.74) is 0. The van der Waals surface area contributed by atoms with Crippen LogP contribution in [-0.4, -0.2) is 0 Å². The molecule has 0 fully saturated rings. The first kappa shape index (κ1) is 17.0. The molecule has 0 aliphatic heterocycles. The molecule has 0 bridgehead atoms. The van der Waals surface area contributed by atoms with Gasteiger partial charge in [-0.1, -0.05) is 0 Å². The quantitative estimate of drug-likeness (QED) is 0.301. The van der Waals surface area contributed by atoms with Crippen molar-refractivity contribution in [1.82, 2.24) is 0 Å². The molecule has 6 nitrogen and oxygen atoms in total. The molecule has 0 radical (unpaired) electrons. The molecular weight excluding hydrogens is 388 g/mol. The van der Waals surface area contributed by atoms with Gasteiger partial charge in [0.15, 0.2) is 0 Å². The van der Waals surface area contributed by atoms with Gasteiger partial charge >= 0.3 is 61.8 Å². The van der Waals surface area contributed by atoms with Crippen molar-refractivity contribution in [3.8, 4) is 0 Å². The van der Waals surface area contributed by atoms with Crippen molar-refractivity contribution in [3.05, 3.63) is 0 Å². The van der Waals surface area contributed by atoms with Gasteiger partial charge in [0.2, 0.25) is 0 Å². The first-order valence-electron chi connectivity index (χ1n) is 1.14. The van der Waals surface area contributed by atoms with E-state index in [2.05, 4.69) is 0 Å². The third-order valence-electron chi connectivity index (χ3n) is 0. The summed E-state index contributed by atoms with van der Waals surface area (Å²) >= 11 is -2.51. The van der Waals surface area contributed by atoms with Crippen molar-refractivity contribution < 1.29 is 81.1 Å². The zero-order valence-corrected chi connectivity index (χ0v) is 11.5. The van der Waals surface area contributed by atoms with Gasteiger partial charge in [-0.25, -0.2) is 0 Å². The average Bonchev–Trinajstić information content (AvgIpc) is 1.27. The summed E-state index contributed by atoms with van der Waals surface area (Å²) in [5, 5.41) is 0. The van der Waals surface area contributed by atoms with Crippen LogP contribution in [0.15, 0.2) is 0 Å². The Balaban J connectivity index is -0.0000000800. The number of hydrogen-bond donors (Lipinski definition) is 0. The van der Waals surface area contributed by atoms with Gasteiger partial charge in [0.05, 0.1) is 0 Å². The van der Waals surface area contributed by atoms with Crippen LogP contribution < -0.4 is 44.2 Å². The van der Waals surface area contributed by atoms with E-state index in [1.807, 2.05) is 0 Å². The molecule has 0 rings (SSSR count). The maximum absolute atomic E-state index is 8.58. The molecule has 46 valence electrons. The topological polar surface area (TPSA) is 120 Å². The monoisotopic (exact) mass is 388 g/mol. The summed E-state index contributed by atoms with van der Waals surface area (Å²) in [6, 6.07) is 0. The molecule has 0 aromatic heterocycles. The second kappa shape index (κ2) is 9.76. The van der Waals surface area contributed by atoms with Crippen LogP contribution in [0.4, 0.5) is 0 Å². The van der Waals surface area contributed by atoms with E-state index in [-0.39, 0.29) is 29.6 Å². The van der Waals surface area contributed by atoms with Gasteiger partial charge in [-0.15, -0.1) is 0 Å². The molecule has 0 N–H and O–H groups in total. The molecule has 0 aliphatic rings. The van der Waals surface area contributed by atoms with E-state index in [1.165, 1.54) is 0 Å². The molecule has 0 heterocycles. The summed E-state index contributed by atoms with van der Waals surface area (Å²) in [6.45, 7) is 0. The Hall–Kier alpha value is 1.76. The first-order chi connectivity index (χ1) is 3.41. The Bertz CT molecular complexity index is 111. The Morgan fingerprint density at radius 2 is 1.11 bits per heavy atom. The van der Waals surface area contributed by atoms with E-state index in [0.717, 1.165) is 0 Å². The van der Waals surface area contributed by atoms with Crippen molar-refractivity contribution in [1.29, 1.82) is 0 Å². The number of phosphoric acid groups is 1. The van der Waals surface area contributed by atoms with E-state index in [4.69, 9.17) is 23.7 Å². The molecule has 9 heavy (non-hydrogen) atoms. The minimum atomic E-state index is -5.39. The van der Waals surface area contributed by atoms with Crippen molar-refractivity contribution in [2.75, 3.05) is 0 Å². The predicted molar refractivity (Wildman–Crippen MR) is 8.98 cm³/mol. The van der Waals surface area contributed by atoms with Gasteiger partial charge in [-0.05, 0) is 0 Å². The Labute approximate surface area is 87.8 Å². The van der Waals surface area contributed by atoms with Crippen LogP contribution in [0.2, 0.25) is 0 Å². The van der Waals surface area contributed by atoms with Gasteiger partial charge in [0, 0.05) is 0 Å². The zero-order chi connectivity index (χ0) is 7.21. The third kappa shape index (κ3) is 189. The minimum absolute atomic E-state index is 0. The molecule has 0 spiro atoms. The van der Waals surface area contributed by atoms with Gasteiger partial charge in [-0.2, -0.15) is 7.82 Å². The van der Waals surface area contributed by atoms with Crippen molar-refractivity contribution >= 4 is 7.82 Å². The van der Waals surface area contributed by atoms with Gasteiger partial charge in [0.25, 0.3) is 0 Å². The van der Waals surface area contributed by atoms with Crippen LogP contribution in [-0.2, 0) is 9.04 Å². The van der Waals surface area contributed by atoms with Crippen LogP contribution in [0.3, 0.4) is 0 Å². The first-order valence-corrected chi connectivity index (χ1v) is 6.00. The van der Waals surface area contributed by atoms with E-state index in [0.29, 0.717) is 0 Å². The van der Waals surface area contributed by atoms with Crippen LogP contribution in [0.5, 0.6) is 0 Å². The third-order valence-corrected chi connectivity index (χ3v) is 0. The fraction of sp³-hybridized carbons (Fsp3) is 0. The molecule has 0 amide bonds. The average molecular weight is 388 g/mol. The van der Waals surface area contributed by atoms with E-state index >= 15 is 0 Å². The summed E-state index contributed by atoms with van der Waals surface area (Å²) in [7, 11) is -5.39. The fourth-order valence-corrected chi connectivity index (χ4v) is 0. The van der Waals surface area contributed by atoms with Crippen LogP contribution in [0, 0.1) is 27.8 Å². The second-order valence-corrected chi connectivity index (χ2v) is 2.12. The SMILES string of the molecule is O=P([O-])([O-])[O-].[Na+].[O]=[U+2]=[O]. The number of rotatable bonds is 0. The fourth-order valence-electron chi connectivity index (χ4n) is 0. The molecule has 0 aromatic rings. The normalized spacial score (nSPS) is 7.44. The van der Waals surface area contributed by atoms with Crippen LogP contribution in [0.1, 0.15) is 0 Å². The molecule has 0 saturated carbocycles. The van der Waals surface area contributed by atoms with Gasteiger partial charge in [0.1, 0.15) is 0 Å². The van der Waals surface area contributed by atoms with Crippen LogP contribution >= 0.6 is 7.82 Å². The standard InChI is InChI=1S/Na.H3O4P.2O.U/c;1-5(2,3)4;;;/h;(H3,1,2,3,4);;;/q+1;;;;+2/p-3. The molecule has 0 unspecified atom stereocenters. The molecular formula is NaO6PU. The van der Waals surface area contributed by atoms with E-state index in [1.54, 1.807) is 0 Å². The molecule has 0 atom stereocenters. The summed E-state index contributed by atoms with van der Waals surface area (Å²) in [5.74, 6) is 0. The van der Waals surface area contributed by atoms with Crippen LogP contribution in [0.25, 0.3) is 0 Å². The zero-order valence-electron chi connectivity index (χ0n) is 4.40. The Morgan fingerprint density at radius 1 is 1.11 bits per heavy atom. The van der Waals surface area contributed by atoms with Gasteiger partial charge in [-0.3, -0.25) is 0 Å². The Morgan fingerprint density at radius 3 is 1.11 bits per heavy atom. The molecule has 0 aliphatic carbocycles. The number of hydrogen-bond acceptors (Lipinski definition) is 6. The molecule has 9 heteroatoms. The Kier molecular flexibility index (Phi) is 18.5. The second-order valence-electron chi connectivity index (χ2n) is 0.531. The van der Waals surface area contributed by atoms with Crippen molar-refractivity contribution in [3.63, 3.8) is 0 Å². The van der Waals surface area contributed by atoms with Crippen molar-refractivity contribution in [2.45, 2.75) is 0 Å². The summed E-state index contributed by atoms with van der Waals surface area (Å²) in [4.78, 5) is 25.6.